The topological polar surface area (TPSA) is 42.7 Å². The van der Waals surface area contributed by atoms with Gasteiger partial charge in [-0.3, -0.25) is 0 Å². The minimum atomic E-state index is -0.328. The second-order valence-electron chi connectivity index (χ2n) is 4.57. The minimum absolute atomic E-state index is 0.328. The van der Waals surface area contributed by atoms with E-state index in [1.54, 1.807) is 16.7 Å². The summed E-state index contributed by atoms with van der Waals surface area (Å²) in [5, 5.41) is 4.76. The van der Waals surface area contributed by atoms with Crippen molar-refractivity contribution in [2.24, 2.45) is 7.05 Å². The molecule has 21 heavy (non-hydrogen) atoms. The Kier molecular flexibility index (Phi) is 3.69. The van der Waals surface area contributed by atoms with E-state index in [1.807, 2.05) is 7.05 Å². The van der Waals surface area contributed by atoms with Gasteiger partial charge in [-0.2, -0.15) is 0 Å². The molecule has 0 aliphatic carbocycles. The second kappa shape index (κ2) is 5.50. The number of benzene rings is 1. The number of hydrogen-bond donors (Lipinski definition) is 1. The van der Waals surface area contributed by atoms with Crippen molar-refractivity contribution in [2.75, 3.05) is 5.32 Å². The van der Waals surface area contributed by atoms with Crippen LogP contribution in [0, 0.1) is 5.82 Å². The summed E-state index contributed by atoms with van der Waals surface area (Å²) < 4.78 is 15.2. The van der Waals surface area contributed by atoms with Gasteiger partial charge in [-0.1, -0.05) is 23.2 Å². The average molecular weight is 325 g/mol. The Balaban J connectivity index is 1.91. The van der Waals surface area contributed by atoms with Gasteiger partial charge >= 0.3 is 0 Å². The van der Waals surface area contributed by atoms with Gasteiger partial charge in [0.1, 0.15) is 23.1 Å². The van der Waals surface area contributed by atoms with E-state index in [0.29, 0.717) is 33.4 Å². The van der Waals surface area contributed by atoms with Crippen LogP contribution in [0.5, 0.6) is 0 Å². The molecule has 0 saturated heterocycles. The van der Waals surface area contributed by atoms with Crippen LogP contribution in [0.3, 0.4) is 0 Å². The van der Waals surface area contributed by atoms with Gasteiger partial charge in [0.15, 0.2) is 0 Å². The van der Waals surface area contributed by atoms with E-state index < -0.39 is 0 Å². The van der Waals surface area contributed by atoms with Crippen LogP contribution >= 0.6 is 23.2 Å². The fraction of sp³-hybridized carbons (Fsp3) is 0.143. The molecular formula is C14H11Cl2FN4. The van der Waals surface area contributed by atoms with Crippen LogP contribution in [-0.4, -0.2) is 14.5 Å². The molecule has 3 rings (SSSR count). The van der Waals surface area contributed by atoms with Crippen molar-refractivity contribution in [2.45, 2.75) is 6.54 Å². The molecule has 1 N–H and O–H groups in total. The molecule has 2 heterocycles. The van der Waals surface area contributed by atoms with E-state index in [9.17, 15) is 4.39 Å². The molecule has 0 amide bonds. The van der Waals surface area contributed by atoms with E-state index in [4.69, 9.17) is 23.2 Å². The van der Waals surface area contributed by atoms with Gasteiger partial charge in [-0.15, -0.1) is 0 Å². The predicted molar refractivity (Wildman–Crippen MR) is 82.3 cm³/mol. The maximum atomic E-state index is 13.4. The quantitative estimate of drug-likeness (QED) is 0.791. The molecule has 3 aromatic rings. The number of halogens is 3. The zero-order chi connectivity index (χ0) is 15.0. The van der Waals surface area contributed by atoms with Crippen LogP contribution in [0.2, 0.25) is 10.2 Å². The summed E-state index contributed by atoms with van der Waals surface area (Å²) in [5.41, 5.74) is 1.57. The molecule has 0 saturated carbocycles. The van der Waals surface area contributed by atoms with Crippen molar-refractivity contribution < 1.29 is 4.39 Å². The third-order valence-electron chi connectivity index (χ3n) is 3.25. The van der Waals surface area contributed by atoms with Crippen molar-refractivity contribution in [1.29, 1.82) is 0 Å². The fourth-order valence-corrected chi connectivity index (χ4v) is 2.52. The molecule has 0 bridgehead atoms. The summed E-state index contributed by atoms with van der Waals surface area (Å²) in [6, 6.07) is 6.17. The van der Waals surface area contributed by atoms with Crippen molar-refractivity contribution in [1.82, 2.24) is 14.5 Å². The van der Waals surface area contributed by atoms with Gasteiger partial charge in [-0.05, 0) is 24.3 Å². The lowest BCUT2D eigenvalue weighted by atomic mass is 10.2. The summed E-state index contributed by atoms with van der Waals surface area (Å²) in [5.74, 6) is 0.234. The number of aromatic nitrogens is 3. The van der Waals surface area contributed by atoms with Gasteiger partial charge in [0.05, 0.1) is 17.1 Å². The summed E-state index contributed by atoms with van der Waals surface area (Å²) in [7, 11) is 1.82. The molecule has 7 heteroatoms. The second-order valence-corrected chi connectivity index (χ2v) is 5.34. The number of nitrogens with zero attached hydrogens (tertiary/aromatic N) is 3. The first-order valence-corrected chi connectivity index (χ1v) is 6.95. The first kappa shape index (κ1) is 14.1. The molecule has 0 spiro atoms. The van der Waals surface area contributed by atoms with Crippen molar-refractivity contribution in [3.8, 4) is 0 Å². The van der Waals surface area contributed by atoms with Gasteiger partial charge in [0.2, 0.25) is 0 Å². The number of rotatable bonds is 3. The van der Waals surface area contributed by atoms with Gasteiger partial charge in [0.25, 0.3) is 0 Å². The lowest BCUT2D eigenvalue weighted by molar-refractivity contribution is 0.629. The highest BCUT2D eigenvalue weighted by Gasteiger charge is 2.10. The Morgan fingerprint density at radius 3 is 2.76 bits per heavy atom. The summed E-state index contributed by atoms with van der Waals surface area (Å²) >= 11 is 12.0. The lowest BCUT2D eigenvalue weighted by Crippen LogP contribution is -2.06. The van der Waals surface area contributed by atoms with Crippen LogP contribution in [0.1, 0.15) is 5.69 Å². The van der Waals surface area contributed by atoms with Crippen LogP contribution in [-0.2, 0) is 13.6 Å². The molecule has 4 nitrogen and oxygen atoms in total. The Labute approximate surface area is 130 Å². The summed E-state index contributed by atoms with van der Waals surface area (Å²) in [6.07, 6.45) is 1.44. The number of hydrogen-bond acceptors (Lipinski definition) is 3. The van der Waals surface area contributed by atoms with E-state index in [-0.39, 0.29) is 5.82 Å². The zero-order valence-electron chi connectivity index (χ0n) is 11.1. The molecular weight excluding hydrogens is 314 g/mol. The number of anilines is 1. The van der Waals surface area contributed by atoms with Crippen LogP contribution in [0.4, 0.5) is 10.2 Å². The smallest absolute Gasteiger partial charge is 0.137 e. The molecule has 0 radical (unpaired) electrons. The maximum absolute atomic E-state index is 13.4. The molecule has 2 aromatic heterocycles. The standard InChI is InChI=1S/C14H11Cl2FN4/c1-21-9(5-11(15)13(21)16)6-18-14-10-4-8(17)2-3-12(10)19-7-20-14/h2-5,7H,6H2,1H3,(H,18,19,20). The third kappa shape index (κ3) is 2.66. The molecule has 108 valence electrons. The predicted octanol–water partition coefficient (Wildman–Crippen LogP) is 4.03. The van der Waals surface area contributed by atoms with Crippen LogP contribution in [0.25, 0.3) is 10.9 Å². The van der Waals surface area contributed by atoms with Crippen LogP contribution < -0.4 is 5.32 Å². The normalized spacial score (nSPS) is 11.0. The van der Waals surface area contributed by atoms with Crippen molar-refractivity contribution in [3.05, 3.63) is 52.3 Å². The van der Waals surface area contributed by atoms with E-state index in [1.165, 1.54) is 18.5 Å². The lowest BCUT2D eigenvalue weighted by Gasteiger charge is -2.09. The van der Waals surface area contributed by atoms with Gasteiger partial charge < -0.3 is 9.88 Å². The first-order chi connectivity index (χ1) is 10.1. The highest BCUT2D eigenvalue weighted by Crippen LogP contribution is 2.26. The summed E-state index contributed by atoms with van der Waals surface area (Å²) in [6.45, 7) is 0.464. The molecule has 0 fully saturated rings. The maximum Gasteiger partial charge on any atom is 0.137 e. The average Bonchev–Trinajstić information content (AvgIpc) is 2.72. The Hall–Kier alpha value is -1.85. The van der Waals surface area contributed by atoms with Crippen molar-refractivity contribution in [3.63, 3.8) is 0 Å². The first-order valence-electron chi connectivity index (χ1n) is 6.20. The number of nitrogens with one attached hydrogen (secondary N) is 1. The van der Waals surface area contributed by atoms with Crippen LogP contribution in [0.15, 0.2) is 30.6 Å². The van der Waals surface area contributed by atoms with E-state index >= 15 is 0 Å². The van der Waals surface area contributed by atoms with Crippen molar-refractivity contribution >= 4 is 39.9 Å². The van der Waals surface area contributed by atoms with E-state index in [2.05, 4.69) is 15.3 Å². The van der Waals surface area contributed by atoms with Gasteiger partial charge in [0, 0.05) is 18.1 Å². The molecule has 0 aliphatic heterocycles. The van der Waals surface area contributed by atoms with E-state index in [0.717, 1.165) is 5.69 Å². The highest BCUT2D eigenvalue weighted by molar-refractivity contribution is 6.41. The highest BCUT2D eigenvalue weighted by atomic mass is 35.5. The summed E-state index contributed by atoms with van der Waals surface area (Å²) in [4.78, 5) is 8.27. The molecule has 0 aliphatic rings. The third-order valence-corrected chi connectivity index (χ3v) is 4.09. The largest absolute Gasteiger partial charge is 0.364 e. The molecule has 1 aromatic carbocycles. The minimum Gasteiger partial charge on any atom is -0.364 e. The SMILES string of the molecule is Cn1c(CNc2ncnc3ccc(F)cc23)cc(Cl)c1Cl. The Bertz CT molecular complexity index is 816. The Morgan fingerprint density at radius 1 is 1.24 bits per heavy atom. The molecule has 0 atom stereocenters. The van der Waals surface area contributed by atoms with Gasteiger partial charge in [-0.25, -0.2) is 14.4 Å². The monoisotopic (exact) mass is 324 g/mol. The number of fused-ring (bicyclic) bond motifs is 1. The fourth-order valence-electron chi connectivity index (χ4n) is 2.10. The Morgan fingerprint density at radius 2 is 2.05 bits per heavy atom. The molecule has 0 unspecified atom stereocenters. The zero-order valence-corrected chi connectivity index (χ0v) is 12.6.